The Hall–Kier alpha value is -2.48. The fourth-order valence-electron chi connectivity index (χ4n) is 3.15. The Bertz CT molecular complexity index is 842. The molecule has 0 bridgehead atoms. The van der Waals surface area contributed by atoms with Crippen molar-refractivity contribution in [2.75, 3.05) is 0 Å². The van der Waals surface area contributed by atoms with Gasteiger partial charge in [-0.1, -0.05) is 18.2 Å². The summed E-state index contributed by atoms with van der Waals surface area (Å²) in [6.07, 6.45) is 7.50. The van der Waals surface area contributed by atoms with Gasteiger partial charge in [0.25, 0.3) is 0 Å². The van der Waals surface area contributed by atoms with Gasteiger partial charge in [0.05, 0.1) is 0 Å². The number of allylic oxidation sites excluding steroid dienone is 1. The van der Waals surface area contributed by atoms with Crippen LogP contribution >= 0.6 is 0 Å². The van der Waals surface area contributed by atoms with Crippen molar-refractivity contribution in [3.05, 3.63) is 65.4 Å². The Labute approximate surface area is 123 Å². The minimum atomic E-state index is 0.340. The molecule has 0 aliphatic heterocycles. The number of hydrogen-bond donors (Lipinski definition) is 2. The van der Waals surface area contributed by atoms with Gasteiger partial charge in [0.2, 0.25) is 0 Å². The van der Waals surface area contributed by atoms with Crippen LogP contribution in [0.3, 0.4) is 0 Å². The molecule has 2 heteroatoms. The maximum atomic E-state index is 9.72. The second kappa shape index (κ2) is 4.81. The molecular weight excluding hydrogens is 258 g/mol. The average molecular weight is 275 g/mol. The molecule has 3 aromatic rings. The molecule has 1 heterocycles. The van der Waals surface area contributed by atoms with Crippen molar-refractivity contribution in [3.8, 4) is 5.75 Å². The van der Waals surface area contributed by atoms with Crippen molar-refractivity contribution < 1.29 is 5.11 Å². The number of phenols is 1. The lowest BCUT2D eigenvalue weighted by atomic mass is 9.99. The van der Waals surface area contributed by atoms with Gasteiger partial charge in [0.1, 0.15) is 5.75 Å². The lowest BCUT2D eigenvalue weighted by Crippen LogP contribution is -1.86. The summed E-state index contributed by atoms with van der Waals surface area (Å²) >= 11 is 0. The number of aromatic nitrogens is 1. The number of fused-ring (bicyclic) bond motifs is 2. The van der Waals surface area contributed by atoms with Crippen molar-refractivity contribution in [3.63, 3.8) is 0 Å². The van der Waals surface area contributed by atoms with Crippen molar-refractivity contribution >= 4 is 22.6 Å². The minimum absolute atomic E-state index is 0.340. The van der Waals surface area contributed by atoms with E-state index in [4.69, 9.17) is 0 Å². The van der Waals surface area contributed by atoms with E-state index in [0.29, 0.717) is 5.75 Å². The summed E-state index contributed by atoms with van der Waals surface area (Å²) in [6.45, 7) is 0. The highest BCUT2D eigenvalue weighted by Crippen LogP contribution is 2.32. The third-order valence-corrected chi connectivity index (χ3v) is 4.28. The molecule has 1 aliphatic carbocycles. The molecule has 4 rings (SSSR count). The van der Waals surface area contributed by atoms with Crippen LogP contribution in [-0.2, 0) is 6.42 Å². The van der Waals surface area contributed by atoms with Crippen LogP contribution in [0.1, 0.15) is 29.5 Å². The van der Waals surface area contributed by atoms with Gasteiger partial charge in [-0.15, -0.1) is 0 Å². The number of aromatic hydroxyl groups is 1. The number of nitrogens with one attached hydrogen (secondary N) is 1. The zero-order valence-electron chi connectivity index (χ0n) is 11.8. The predicted molar refractivity (Wildman–Crippen MR) is 87.2 cm³/mol. The maximum absolute atomic E-state index is 9.72. The highest BCUT2D eigenvalue weighted by molar-refractivity contribution is 5.89. The molecule has 0 saturated heterocycles. The summed E-state index contributed by atoms with van der Waals surface area (Å²) in [4.78, 5) is 3.23. The molecule has 0 unspecified atom stereocenters. The summed E-state index contributed by atoms with van der Waals surface area (Å²) in [5, 5.41) is 11.0. The first-order chi connectivity index (χ1) is 10.3. The van der Waals surface area contributed by atoms with Crippen LogP contribution < -0.4 is 0 Å². The number of phenolic OH excluding ortho intramolecular Hbond substituents is 1. The van der Waals surface area contributed by atoms with Gasteiger partial charge < -0.3 is 10.1 Å². The van der Waals surface area contributed by atoms with Crippen LogP contribution in [0.5, 0.6) is 5.75 Å². The zero-order valence-corrected chi connectivity index (χ0v) is 11.8. The van der Waals surface area contributed by atoms with E-state index in [1.165, 1.54) is 27.6 Å². The van der Waals surface area contributed by atoms with Crippen molar-refractivity contribution in [1.82, 2.24) is 4.98 Å². The monoisotopic (exact) mass is 275 g/mol. The first-order valence-corrected chi connectivity index (χ1v) is 7.39. The Balaban J connectivity index is 1.83. The van der Waals surface area contributed by atoms with E-state index in [-0.39, 0.29) is 0 Å². The molecular formula is C19H17NO. The van der Waals surface area contributed by atoms with Gasteiger partial charge in [-0.05, 0) is 77.2 Å². The largest absolute Gasteiger partial charge is 0.508 e. The highest BCUT2D eigenvalue weighted by Gasteiger charge is 2.11. The highest BCUT2D eigenvalue weighted by atomic mass is 16.3. The molecule has 0 spiro atoms. The van der Waals surface area contributed by atoms with Crippen LogP contribution in [-0.4, -0.2) is 10.1 Å². The molecule has 2 N–H and O–H groups in total. The maximum Gasteiger partial charge on any atom is 0.116 e. The Morgan fingerprint density at radius 1 is 0.952 bits per heavy atom. The lowest BCUT2D eigenvalue weighted by Gasteiger charge is -2.06. The number of H-pyrrole nitrogens is 1. The molecule has 0 fully saturated rings. The number of aryl methyl sites for hydroxylation is 1. The van der Waals surface area contributed by atoms with Crippen LogP contribution in [0.15, 0.2) is 48.7 Å². The van der Waals surface area contributed by atoms with Gasteiger partial charge in [-0.2, -0.15) is 0 Å². The average Bonchev–Trinajstić information content (AvgIpc) is 2.85. The second-order valence-corrected chi connectivity index (χ2v) is 5.69. The van der Waals surface area contributed by atoms with E-state index in [1.54, 1.807) is 6.07 Å². The van der Waals surface area contributed by atoms with Crippen molar-refractivity contribution in [2.24, 2.45) is 0 Å². The van der Waals surface area contributed by atoms with E-state index in [0.717, 1.165) is 24.8 Å². The molecule has 0 radical (unpaired) electrons. The number of rotatable bonds is 1. The topological polar surface area (TPSA) is 36.0 Å². The molecule has 104 valence electrons. The van der Waals surface area contributed by atoms with E-state index >= 15 is 0 Å². The Morgan fingerprint density at radius 2 is 1.90 bits per heavy atom. The first kappa shape index (κ1) is 12.3. The summed E-state index contributed by atoms with van der Waals surface area (Å²) in [6, 6.07) is 14.4. The quantitative estimate of drug-likeness (QED) is 0.660. The van der Waals surface area contributed by atoms with Gasteiger partial charge >= 0.3 is 0 Å². The molecule has 0 saturated carbocycles. The molecule has 21 heavy (non-hydrogen) atoms. The fraction of sp³-hybridized carbons (Fsp3) is 0.158. The molecule has 2 aromatic carbocycles. The third kappa shape index (κ3) is 2.23. The minimum Gasteiger partial charge on any atom is -0.508 e. The predicted octanol–water partition coefficient (Wildman–Crippen LogP) is 4.75. The normalized spacial score (nSPS) is 14.6. The fourth-order valence-corrected chi connectivity index (χ4v) is 3.15. The van der Waals surface area contributed by atoms with Crippen LogP contribution in [0.2, 0.25) is 0 Å². The van der Waals surface area contributed by atoms with Gasteiger partial charge in [-0.3, -0.25) is 0 Å². The molecule has 1 aliphatic rings. The van der Waals surface area contributed by atoms with Crippen LogP contribution in [0.25, 0.3) is 22.6 Å². The number of hydrogen-bond acceptors (Lipinski definition) is 1. The van der Waals surface area contributed by atoms with E-state index < -0.39 is 0 Å². The van der Waals surface area contributed by atoms with Gasteiger partial charge in [0, 0.05) is 11.7 Å². The van der Waals surface area contributed by atoms with E-state index in [1.807, 2.05) is 18.3 Å². The Kier molecular flexibility index (Phi) is 2.81. The Morgan fingerprint density at radius 3 is 2.86 bits per heavy atom. The lowest BCUT2D eigenvalue weighted by molar-refractivity contribution is 0.475. The zero-order chi connectivity index (χ0) is 14.2. The SMILES string of the molecule is Oc1ccc2c(c1)C=C(c1ccc3[nH]ccc3c1)CCC2. The summed E-state index contributed by atoms with van der Waals surface area (Å²) in [7, 11) is 0. The summed E-state index contributed by atoms with van der Waals surface area (Å²) in [5.41, 5.74) is 6.27. The molecule has 0 atom stereocenters. The van der Waals surface area contributed by atoms with Gasteiger partial charge in [-0.25, -0.2) is 0 Å². The van der Waals surface area contributed by atoms with Crippen LogP contribution in [0, 0.1) is 0 Å². The van der Waals surface area contributed by atoms with Crippen molar-refractivity contribution in [1.29, 1.82) is 0 Å². The first-order valence-electron chi connectivity index (χ1n) is 7.39. The van der Waals surface area contributed by atoms with Crippen LogP contribution in [0.4, 0.5) is 0 Å². The van der Waals surface area contributed by atoms with E-state index in [9.17, 15) is 5.11 Å². The second-order valence-electron chi connectivity index (χ2n) is 5.69. The smallest absolute Gasteiger partial charge is 0.116 e. The summed E-state index contributed by atoms with van der Waals surface area (Å²) < 4.78 is 0. The third-order valence-electron chi connectivity index (χ3n) is 4.28. The van der Waals surface area contributed by atoms with E-state index in [2.05, 4.69) is 35.3 Å². The summed E-state index contributed by atoms with van der Waals surface area (Å²) in [5.74, 6) is 0.340. The molecule has 0 amide bonds. The standard InChI is InChI=1S/C19H17NO/c21-18-6-4-13-2-1-3-14(11-17(13)12-18)15-5-7-19-16(10-15)8-9-20-19/h4-12,20-21H,1-3H2. The molecule has 1 aromatic heterocycles. The molecule has 2 nitrogen and oxygen atoms in total. The van der Waals surface area contributed by atoms with Gasteiger partial charge in [0.15, 0.2) is 0 Å². The van der Waals surface area contributed by atoms with Crippen molar-refractivity contribution in [2.45, 2.75) is 19.3 Å². The number of aromatic amines is 1. The number of benzene rings is 2.